The molecule has 1 aromatic carbocycles. The van der Waals surface area contributed by atoms with E-state index in [9.17, 15) is 14.3 Å². The summed E-state index contributed by atoms with van der Waals surface area (Å²) < 4.78 is 13.9. The topological polar surface area (TPSA) is 82.7 Å². The van der Waals surface area contributed by atoms with Gasteiger partial charge in [0.2, 0.25) is 0 Å². The van der Waals surface area contributed by atoms with Gasteiger partial charge in [-0.3, -0.25) is 9.69 Å². The van der Waals surface area contributed by atoms with Gasteiger partial charge in [-0.15, -0.1) is 0 Å². The van der Waals surface area contributed by atoms with Crippen molar-refractivity contribution in [1.82, 2.24) is 9.88 Å². The highest BCUT2D eigenvalue weighted by molar-refractivity contribution is 5.85. The monoisotopic (exact) mass is 344 g/mol. The molecule has 0 bridgehead atoms. The van der Waals surface area contributed by atoms with Gasteiger partial charge in [0.25, 0.3) is 5.91 Å². The van der Waals surface area contributed by atoms with Crippen LogP contribution in [0.3, 0.4) is 0 Å². The van der Waals surface area contributed by atoms with Gasteiger partial charge in [-0.25, -0.2) is 9.37 Å². The van der Waals surface area contributed by atoms with Gasteiger partial charge in [-0.2, -0.15) is 0 Å². The fourth-order valence-corrected chi connectivity index (χ4v) is 3.08. The van der Waals surface area contributed by atoms with E-state index in [2.05, 4.69) is 4.98 Å². The van der Waals surface area contributed by atoms with Crippen molar-refractivity contribution >= 4 is 11.7 Å². The molecule has 1 aromatic heterocycles. The Balaban J connectivity index is 1.68. The highest BCUT2D eigenvalue weighted by Crippen LogP contribution is 2.24. The molecule has 0 radical (unpaired) electrons. The minimum atomic E-state index is -1.75. The van der Waals surface area contributed by atoms with Crippen LogP contribution in [0.2, 0.25) is 0 Å². The van der Waals surface area contributed by atoms with E-state index >= 15 is 0 Å². The summed E-state index contributed by atoms with van der Waals surface area (Å²) >= 11 is 0. The van der Waals surface area contributed by atoms with Gasteiger partial charge in [0.15, 0.2) is 17.2 Å². The molecule has 1 saturated heterocycles. The lowest BCUT2D eigenvalue weighted by molar-refractivity contribution is -0.139. The van der Waals surface area contributed by atoms with Gasteiger partial charge < -0.3 is 15.7 Å². The smallest absolute Gasteiger partial charge is 0.255 e. The zero-order valence-electron chi connectivity index (χ0n) is 13.8. The van der Waals surface area contributed by atoms with Crippen LogP contribution in [0.25, 0.3) is 0 Å². The van der Waals surface area contributed by atoms with Gasteiger partial charge >= 0.3 is 0 Å². The molecule has 1 atom stereocenters. The quantitative estimate of drug-likeness (QED) is 0.835. The minimum Gasteiger partial charge on any atom is -0.374 e. The highest BCUT2D eigenvalue weighted by Gasteiger charge is 2.38. The molecule has 3 N–H and O–H groups in total. The van der Waals surface area contributed by atoms with Crippen LogP contribution in [0.1, 0.15) is 5.56 Å². The second-order valence-corrected chi connectivity index (χ2v) is 6.16. The van der Waals surface area contributed by atoms with Crippen LogP contribution in [-0.4, -0.2) is 53.6 Å². The van der Waals surface area contributed by atoms with E-state index in [4.69, 9.17) is 5.73 Å². The standard InChI is InChI=1S/C18H21FN4O2/c19-15-7-4-8-21-16(15)23-11-9-22(10-12-23)13-18(25,17(20)24)14-5-2-1-3-6-14/h1-8,25H,9-13H2,(H2,20,24). The summed E-state index contributed by atoms with van der Waals surface area (Å²) in [5.74, 6) is -0.804. The number of benzene rings is 1. The van der Waals surface area contributed by atoms with Gasteiger partial charge in [-0.1, -0.05) is 30.3 Å². The predicted molar refractivity (Wildman–Crippen MR) is 92.4 cm³/mol. The Bertz CT molecular complexity index is 735. The molecule has 1 aliphatic rings. The van der Waals surface area contributed by atoms with E-state index in [0.29, 0.717) is 37.6 Å². The number of pyridine rings is 1. The fraction of sp³-hybridized carbons (Fsp3) is 0.333. The summed E-state index contributed by atoms with van der Waals surface area (Å²) in [4.78, 5) is 19.8. The van der Waals surface area contributed by atoms with Crippen molar-refractivity contribution in [3.05, 3.63) is 60.0 Å². The van der Waals surface area contributed by atoms with E-state index < -0.39 is 11.5 Å². The van der Waals surface area contributed by atoms with Gasteiger partial charge in [0.05, 0.1) is 0 Å². The Morgan fingerprint density at radius 3 is 2.44 bits per heavy atom. The Morgan fingerprint density at radius 2 is 1.84 bits per heavy atom. The zero-order chi connectivity index (χ0) is 17.9. The van der Waals surface area contributed by atoms with Crippen LogP contribution < -0.4 is 10.6 Å². The molecular weight excluding hydrogens is 323 g/mol. The van der Waals surface area contributed by atoms with E-state index in [-0.39, 0.29) is 12.4 Å². The molecule has 2 heterocycles. The largest absolute Gasteiger partial charge is 0.374 e. The second kappa shape index (κ2) is 7.16. The second-order valence-electron chi connectivity index (χ2n) is 6.16. The number of anilines is 1. The lowest BCUT2D eigenvalue weighted by Gasteiger charge is -2.39. The Morgan fingerprint density at radius 1 is 1.16 bits per heavy atom. The van der Waals surface area contributed by atoms with Crippen molar-refractivity contribution in [2.45, 2.75) is 5.60 Å². The Kier molecular flexibility index (Phi) is 4.96. The highest BCUT2D eigenvalue weighted by atomic mass is 19.1. The summed E-state index contributed by atoms with van der Waals surface area (Å²) in [6.45, 7) is 2.34. The van der Waals surface area contributed by atoms with Crippen molar-refractivity contribution in [3.8, 4) is 0 Å². The normalized spacial score (nSPS) is 17.9. The molecule has 132 valence electrons. The number of aromatic nitrogens is 1. The number of β-amino-alcohol motifs (C(OH)–C–C–N with tert-alkyl or cyclic N) is 1. The Labute approximate surface area is 145 Å². The molecule has 2 aromatic rings. The van der Waals surface area contributed by atoms with Crippen LogP contribution in [0, 0.1) is 5.82 Å². The number of nitrogens with zero attached hydrogens (tertiary/aromatic N) is 3. The molecule has 0 saturated carbocycles. The molecule has 1 aliphatic heterocycles. The average molecular weight is 344 g/mol. The van der Waals surface area contributed by atoms with Crippen LogP contribution in [-0.2, 0) is 10.4 Å². The number of halogens is 1. The Hall–Kier alpha value is -2.51. The third kappa shape index (κ3) is 3.62. The molecular formula is C18H21FN4O2. The number of carbonyl (C=O) groups is 1. The SMILES string of the molecule is NC(=O)C(O)(CN1CCN(c2ncccc2F)CC1)c1ccccc1. The van der Waals surface area contributed by atoms with E-state index in [1.165, 1.54) is 6.07 Å². The predicted octanol–water partition coefficient (Wildman–Crippen LogP) is 0.716. The number of rotatable bonds is 5. The van der Waals surface area contributed by atoms with Crippen LogP contribution in [0.4, 0.5) is 10.2 Å². The number of carbonyl (C=O) groups excluding carboxylic acids is 1. The molecule has 3 rings (SSSR count). The molecule has 0 aliphatic carbocycles. The van der Waals surface area contributed by atoms with Crippen LogP contribution >= 0.6 is 0 Å². The number of piperazine rings is 1. The number of hydrogen-bond donors (Lipinski definition) is 2. The number of primary amides is 1. The molecule has 7 heteroatoms. The minimum absolute atomic E-state index is 0.102. The first-order valence-corrected chi connectivity index (χ1v) is 8.16. The maximum absolute atomic E-state index is 13.9. The molecule has 1 amide bonds. The lowest BCUT2D eigenvalue weighted by Crippen LogP contribution is -2.55. The van der Waals surface area contributed by atoms with E-state index in [1.807, 2.05) is 15.9 Å². The van der Waals surface area contributed by atoms with Crippen molar-refractivity contribution < 1.29 is 14.3 Å². The van der Waals surface area contributed by atoms with E-state index in [0.717, 1.165) is 0 Å². The van der Waals surface area contributed by atoms with Gasteiger partial charge in [0.1, 0.15) is 0 Å². The van der Waals surface area contributed by atoms with Crippen molar-refractivity contribution in [1.29, 1.82) is 0 Å². The molecule has 6 nitrogen and oxygen atoms in total. The molecule has 25 heavy (non-hydrogen) atoms. The number of aliphatic hydroxyl groups is 1. The van der Waals surface area contributed by atoms with Crippen molar-refractivity contribution in [2.75, 3.05) is 37.6 Å². The first-order chi connectivity index (χ1) is 12.0. The summed E-state index contributed by atoms with van der Waals surface area (Å²) in [5.41, 5.74) is 4.20. The number of nitrogens with two attached hydrogens (primary N) is 1. The molecule has 1 unspecified atom stereocenters. The molecule has 0 spiro atoms. The summed E-state index contributed by atoms with van der Waals surface area (Å²) in [7, 11) is 0. The van der Waals surface area contributed by atoms with Crippen LogP contribution in [0.5, 0.6) is 0 Å². The average Bonchev–Trinajstić information content (AvgIpc) is 2.63. The van der Waals surface area contributed by atoms with E-state index in [1.54, 1.807) is 36.5 Å². The van der Waals surface area contributed by atoms with Crippen molar-refractivity contribution in [2.24, 2.45) is 5.73 Å². The van der Waals surface area contributed by atoms with Crippen molar-refractivity contribution in [3.63, 3.8) is 0 Å². The zero-order valence-corrected chi connectivity index (χ0v) is 13.8. The summed E-state index contributed by atoms with van der Waals surface area (Å²) in [6.07, 6.45) is 1.56. The maximum Gasteiger partial charge on any atom is 0.255 e. The number of amides is 1. The molecule has 1 fully saturated rings. The van der Waals surface area contributed by atoms with Gasteiger partial charge in [-0.05, 0) is 17.7 Å². The maximum atomic E-state index is 13.9. The van der Waals surface area contributed by atoms with Crippen LogP contribution in [0.15, 0.2) is 48.7 Å². The fourth-order valence-electron chi connectivity index (χ4n) is 3.08. The number of hydrogen-bond acceptors (Lipinski definition) is 5. The van der Waals surface area contributed by atoms with Gasteiger partial charge in [0, 0.05) is 38.9 Å². The first kappa shape index (κ1) is 17.3. The third-order valence-electron chi connectivity index (χ3n) is 4.52. The summed E-state index contributed by atoms with van der Waals surface area (Å²) in [5, 5.41) is 10.8. The first-order valence-electron chi connectivity index (χ1n) is 8.16. The lowest BCUT2D eigenvalue weighted by atomic mass is 9.92. The third-order valence-corrected chi connectivity index (χ3v) is 4.52. The summed E-state index contributed by atoms with van der Waals surface area (Å²) in [6, 6.07) is 11.6.